The number of hydrazine groups is 2. The van der Waals surface area contributed by atoms with E-state index in [1.54, 1.807) is 6.92 Å². The minimum Gasteiger partial charge on any atom is -0.489 e. The van der Waals surface area contributed by atoms with Gasteiger partial charge in [-0.15, -0.1) is 0 Å². The van der Waals surface area contributed by atoms with Crippen LogP contribution in [0.4, 0.5) is 0 Å². The van der Waals surface area contributed by atoms with Crippen LogP contribution in [0.15, 0.2) is 84.2 Å². The molecule has 4 amide bonds. The SMILES string of the molecule is CCCNC(=O)c1cc(OC/C(N)=C/NCCCNC(=O)c2cc(OCCCS(=O)(=O)O)c(OCCCS(=O)(=O)O)c(OCCCS(=O)(=O)O)c2)c(OC/C(=C/NCCCNC(=O)c2cc(OCCCS(=O)(=O)O)c(OCCCS(=O)(=O)O)c(OCCCS(=O)(=O)O)c2)NN)c(OC/C(N)=C/N(N)CCCNC(=O)c2cc(OCCCS(=O)(=O)O)c(OCCCS(=O)(=O)O)c(OCCCS(=O)(=O)O)c2)c1. The van der Waals surface area contributed by atoms with Crippen LogP contribution >= 0.6 is 0 Å². The van der Waals surface area contributed by atoms with Gasteiger partial charge in [-0.2, -0.15) is 75.8 Å². The number of amides is 4. The second kappa shape index (κ2) is 60.0. The number of rotatable bonds is 76. The molecule has 0 radical (unpaired) electrons. The number of nitrogens with zero attached hydrogens (tertiary/aromatic N) is 1. The van der Waals surface area contributed by atoms with E-state index in [4.69, 9.17) is 80.0 Å². The average Bonchev–Trinajstić information content (AvgIpc) is 0.819. The van der Waals surface area contributed by atoms with Gasteiger partial charge < -0.3 is 111 Å². The van der Waals surface area contributed by atoms with Crippen molar-refractivity contribution in [3.63, 3.8) is 0 Å². The van der Waals surface area contributed by atoms with Crippen LogP contribution < -0.4 is 117 Å². The number of nitrogens with one attached hydrogen (secondary N) is 7. The number of hydrogen-bond acceptors (Lipinski definition) is 42. The fourth-order valence-corrected chi connectivity index (χ4v) is 15.6. The van der Waals surface area contributed by atoms with Crippen molar-refractivity contribution in [1.82, 2.24) is 42.3 Å². The summed E-state index contributed by atoms with van der Waals surface area (Å²) in [5.41, 5.74) is 15.0. The van der Waals surface area contributed by atoms with Gasteiger partial charge in [-0.1, -0.05) is 6.92 Å². The van der Waals surface area contributed by atoms with Crippen LogP contribution in [-0.4, -0.2) is 322 Å². The van der Waals surface area contributed by atoms with Crippen molar-refractivity contribution in [3.8, 4) is 69.0 Å². The molecule has 0 unspecified atom stereocenters. The molecule has 140 heavy (non-hydrogen) atoms. The van der Waals surface area contributed by atoms with E-state index >= 15 is 0 Å². The van der Waals surface area contributed by atoms with Crippen LogP contribution in [0.5, 0.6) is 69.0 Å². The molecule has 4 rings (SSSR count). The first-order valence-electron chi connectivity index (χ1n) is 42.4. The Morgan fingerprint density at radius 2 is 0.529 bits per heavy atom. The predicted molar refractivity (Wildman–Crippen MR) is 501 cm³/mol. The molecule has 0 aliphatic rings. The monoisotopic (exact) mass is 2180 g/mol. The molecule has 796 valence electrons. The molecule has 0 spiro atoms. The third-order valence-corrected chi connectivity index (χ3v) is 24.8. The largest absolute Gasteiger partial charge is 0.489 e. The van der Waals surface area contributed by atoms with Crippen molar-refractivity contribution in [2.75, 3.05) is 177 Å². The Morgan fingerprint density at radius 1 is 0.300 bits per heavy atom. The fraction of sp³-hybridized carbons (Fsp3) is 0.553. The van der Waals surface area contributed by atoms with Crippen molar-refractivity contribution in [1.29, 1.82) is 0 Å². The van der Waals surface area contributed by atoms with E-state index in [0.717, 1.165) is 17.1 Å². The smallest absolute Gasteiger partial charge is 0.264 e. The minimum atomic E-state index is -4.47. The van der Waals surface area contributed by atoms with E-state index in [0.29, 0.717) is 6.42 Å². The lowest BCUT2D eigenvalue weighted by atomic mass is 10.1. The first-order chi connectivity index (χ1) is 65.4. The van der Waals surface area contributed by atoms with Crippen LogP contribution in [0.1, 0.15) is 132 Å². The number of nitrogens with two attached hydrogens (primary N) is 4. The Kier molecular flexibility index (Phi) is 52.2. The van der Waals surface area contributed by atoms with E-state index in [2.05, 4.69) is 37.3 Å². The molecule has 0 bridgehead atoms. The van der Waals surface area contributed by atoms with Gasteiger partial charge in [-0.3, -0.25) is 66.0 Å². The second-order valence-electron chi connectivity index (χ2n) is 29.9. The Hall–Kier alpha value is -10.5. The zero-order valence-corrected chi connectivity index (χ0v) is 83.0. The minimum absolute atomic E-state index is 0.0123. The summed E-state index contributed by atoms with van der Waals surface area (Å²) in [6.07, 6.45) is 2.36. The first kappa shape index (κ1) is 122. The summed E-state index contributed by atoms with van der Waals surface area (Å²) in [5, 5.41) is 17.9. The summed E-state index contributed by atoms with van der Waals surface area (Å²) >= 11 is 0. The molecule has 55 nitrogen and oxygen atoms in total. The normalized spacial score (nSPS) is 12.6. The molecule has 0 fully saturated rings. The van der Waals surface area contributed by atoms with Crippen LogP contribution in [-0.2, 0) is 91.1 Å². The maximum atomic E-state index is 13.9. The molecule has 0 aromatic heterocycles. The maximum absolute atomic E-state index is 13.9. The standard InChI is InChI=1S/C76H120N12O43S9/c1-2-15-83-73(89)57-46-67(129-51-58(77)48-81-16-3-18-84-74(90)54-40-61(120-22-6-31-132(93,94)95)69(126-28-12-37-138(111,112)113)62(41-54)121-23-7-32-133(96,97)98)72(131-53-60(87-79)49-82-17-4-19-85-75(91)55-42-63(122-24-8-33-134(99,100)101)70(127-29-13-38-139(114,115)116)64(43-55)123-25-9-34-135(102,103)104)68(47-57)130-52-59(78)50-88(80)21-5-20-86-76(92)56-44-65(124-26-10-35-136(105,106)107)71(128-30-14-39-140(117,118)119)66(45-56)125-27-11-36-137(108,109)110/h40-50,81-82,87H,2-39,51-53,77-80H2,1H3,(H,83,89)(H,84,90)(H,85,91)(H,86,92)(H,93,94,95)(H,96,97,98)(H,99,100,101)(H,102,103,104)(H,105,106,107)(H,108,109,110)(H,111,112,113)(H,114,115,116)(H,117,118,119)/b58-48-,59-50-,60-49-. The highest BCUT2D eigenvalue weighted by atomic mass is 32.3. The highest BCUT2D eigenvalue weighted by molar-refractivity contribution is 7.87. The van der Waals surface area contributed by atoms with Gasteiger partial charge >= 0.3 is 0 Å². The summed E-state index contributed by atoms with van der Waals surface area (Å²) in [4.78, 5) is 55.3. The number of carbonyl (C=O) groups is 4. The third-order valence-electron chi connectivity index (χ3n) is 17.6. The van der Waals surface area contributed by atoms with Gasteiger partial charge in [0.15, 0.2) is 46.0 Å². The van der Waals surface area contributed by atoms with Gasteiger partial charge in [0.1, 0.15) is 19.8 Å². The summed E-state index contributed by atoms with van der Waals surface area (Å²) in [5.74, 6) is -0.199. The van der Waals surface area contributed by atoms with Gasteiger partial charge in [0.2, 0.25) is 23.0 Å². The number of benzene rings is 4. The molecule has 0 saturated heterocycles. The molecular weight excluding hydrogens is 2060 g/mol. The number of carbonyl (C=O) groups excluding carboxylic acids is 4. The zero-order valence-electron chi connectivity index (χ0n) is 75.7. The topological polar surface area (TPSA) is 860 Å². The van der Waals surface area contributed by atoms with Gasteiger partial charge in [-0.25, -0.2) is 5.84 Å². The summed E-state index contributed by atoms with van der Waals surface area (Å²) in [6, 6.07) is 9.57. The molecule has 4 aromatic carbocycles. The molecule has 64 heteroatoms. The van der Waals surface area contributed by atoms with Gasteiger partial charge in [0, 0.05) is 86.7 Å². The van der Waals surface area contributed by atoms with Crippen LogP contribution in [0, 0.1) is 0 Å². The van der Waals surface area contributed by atoms with Crippen molar-refractivity contribution in [3.05, 3.63) is 106 Å². The summed E-state index contributed by atoms with van der Waals surface area (Å²) in [6.45, 7) is -3.12. The third kappa shape index (κ3) is 55.6. The van der Waals surface area contributed by atoms with Crippen LogP contribution in [0.3, 0.4) is 0 Å². The Labute approximate surface area is 810 Å². The van der Waals surface area contributed by atoms with Gasteiger partial charge in [0.25, 0.3) is 115 Å². The lowest BCUT2D eigenvalue weighted by molar-refractivity contribution is 0.0943. The fourth-order valence-electron chi connectivity index (χ4n) is 11.3. The van der Waals surface area contributed by atoms with Crippen molar-refractivity contribution in [2.24, 2.45) is 23.2 Å². The second-order valence-corrected chi connectivity index (χ2v) is 44.1. The lowest BCUT2D eigenvalue weighted by Gasteiger charge is -2.20. The Balaban J connectivity index is 1.67. The summed E-state index contributed by atoms with van der Waals surface area (Å²) in [7, 11) is -40.2. The maximum Gasteiger partial charge on any atom is 0.264 e. The summed E-state index contributed by atoms with van der Waals surface area (Å²) < 4.78 is 361. The van der Waals surface area contributed by atoms with Gasteiger partial charge in [-0.05, 0) is 132 Å². The highest BCUT2D eigenvalue weighted by Gasteiger charge is 2.28. The lowest BCUT2D eigenvalue weighted by Crippen LogP contribution is -2.32. The number of hydrogen-bond donors (Lipinski definition) is 20. The van der Waals surface area contributed by atoms with Crippen molar-refractivity contribution in [2.45, 2.75) is 90.4 Å². The molecular formula is C76H120N12O43S9. The van der Waals surface area contributed by atoms with E-state index < -0.39 is 246 Å². The Bertz CT molecular complexity index is 5740. The van der Waals surface area contributed by atoms with Crippen molar-refractivity contribution < 1.29 is 193 Å². The molecule has 24 N–H and O–H groups in total. The van der Waals surface area contributed by atoms with E-state index in [1.807, 2.05) is 0 Å². The molecule has 0 saturated carbocycles. The molecule has 0 heterocycles. The van der Waals surface area contributed by atoms with Gasteiger partial charge in [0.05, 0.1) is 128 Å². The zero-order chi connectivity index (χ0) is 105. The van der Waals surface area contributed by atoms with E-state index in [9.17, 15) is 136 Å². The quantitative estimate of drug-likeness (QED) is 0.0116. The van der Waals surface area contributed by atoms with E-state index in [-0.39, 0.29) is 231 Å². The van der Waals surface area contributed by atoms with E-state index in [1.165, 1.54) is 55.0 Å². The number of ether oxygens (including phenoxy) is 12. The molecule has 0 aliphatic carbocycles. The van der Waals surface area contributed by atoms with Crippen LogP contribution in [0.2, 0.25) is 0 Å². The molecule has 0 aliphatic heterocycles. The highest BCUT2D eigenvalue weighted by Crippen LogP contribution is 2.44. The van der Waals surface area contributed by atoms with Crippen molar-refractivity contribution >= 4 is 115 Å². The average molecular weight is 2180 g/mol. The molecule has 0 atom stereocenters. The first-order valence-corrected chi connectivity index (χ1v) is 56.9. The molecule has 4 aromatic rings. The predicted octanol–water partition coefficient (Wildman–Crippen LogP) is -0.407. The Morgan fingerprint density at radius 3 is 0.786 bits per heavy atom. The van der Waals surface area contributed by atoms with Crippen LogP contribution in [0.25, 0.3) is 0 Å².